The van der Waals surface area contributed by atoms with Crippen LogP contribution in [0.2, 0.25) is 0 Å². The van der Waals surface area contributed by atoms with Crippen LogP contribution >= 0.6 is 0 Å². The van der Waals surface area contributed by atoms with Crippen LogP contribution in [0, 0.1) is 16.0 Å². The van der Waals surface area contributed by atoms with Crippen molar-refractivity contribution in [2.75, 3.05) is 31.6 Å². The van der Waals surface area contributed by atoms with Gasteiger partial charge < -0.3 is 20.3 Å². The van der Waals surface area contributed by atoms with Gasteiger partial charge in [0.2, 0.25) is 0 Å². The fraction of sp³-hybridized carbons (Fsp3) is 0.700. The summed E-state index contributed by atoms with van der Waals surface area (Å²) in [6, 6.07) is 0. The highest BCUT2D eigenvalue weighted by Crippen LogP contribution is 2.29. The zero-order valence-electron chi connectivity index (χ0n) is 9.85. The molecular formula is C10H17N5O2. The summed E-state index contributed by atoms with van der Waals surface area (Å²) in [7, 11) is 1.93. The first-order valence-corrected chi connectivity index (χ1v) is 5.79. The Labute approximate surface area is 99.3 Å². The quantitative estimate of drug-likeness (QED) is 0.598. The highest BCUT2D eigenvalue weighted by Gasteiger charge is 2.26. The molecule has 94 valence electrons. The first-order chi connectivity index (χ1) is 8.22. The number of piperidine rings is 1. The van der Waals surface area contributed by atoms with E-state index in [9.17, 15) is 10.1 Å². The van der Waals surface area contributed by atoms with Gasteiger partial charge in [-0.1, -0.05) is 5.10 Å². The van der Waals surface area contributed by atoms with Gasteiger partial charge in [0, 0.05) is 13.1 Å². The third-order valence-electron chi connectivity index (χ3n) is 3.13. The van der Waals surface area contributed by atoms with Gasteiger partial charge in [0.25, 0.3) is 0 Å². The molecule has 0 radical (unpaired) electrons. The third-order valence-corrected chi connectivity index (χ3v) is 3.13. The summed E-state index contributed by atoms with van der Waals surface area (Å²) < 4.78 is 0. The molecule has 1 aliphatic rings. The van der Waals surface area contributed by atoms with E-state index in [1.807, 2.05) is 11.9 Å². The Balaban J connectivity index is 2.10. The predicted molar refractivity (Wildman–Crippen MR) is 64.1 cm³/mol. The molecule has 7 nitrogen and oxygen atoms in total. The molecule has 0 aliphatic carbocycles. The average molecular weight is 239 g/mol. The molecule has 17 heavy (non-hydrogen) atoms. The molecule has 2 N–H and O–H groups in total. The third kappa shape index (κ3) is 2.55. The van der Waals surface area contributed by atoms with Crippen molar-refractivity contribution in [2.45, 2.75) is 12.8 Å². The molecule has 2 heterocycles. The molecule has 1 saturated heterocycles. The zero-order chi connectivity index (χ0) is 12.3. The van der Waals surface area contributed by atoms with Crippen molar-refractivity contribution in [3.63, 3.8) is 0 Å². The van der Waals surface area contributed by atoms with Crippen LogP contribution in [0.25, 0.3) is 0 Å². The summed E-state index contributed by atoms with van der Waals surface area (Å²) in [4.78, 5) is 12.5. The Morgan fingerprint density at radius 3 is 3.29 bits per heavy atom. The van der Waals surface area contributed by atoms with E-state index in [0.29, 0.717) is 11.6 Å². The van der Waals surface area contributed by atoms with Crippen molar-refractivity contribution in [3.8, 4) is 0 Å². The SMILES string of the molecule is CNCC1CCCN(c2cn[nH]c2[N+](=O)[O-])C1. The van der Waals surface area contributed by atoms with Gasteiger partial charge in [-0.15, -0.1) is 5.10 Å². The fourth-order valence-electron chi connectivity index (χ4n) is 2.38. The lowest BCUT2D eigenvalue weighted by molar-refractivity contribution is -0.388. The van der Waals surface area contributed by atoms with Crippen LogP contribution in [0.5, 0.6) is 0 Å². The molecule has 0 spiro atoms. The fourth-order valence-corrected chi connectivity index (χ4v) is 2.38. The Kier molecular flexibility index (Phi) is 3.58. The number of H-pyrrole nitrogens is 1. The number of nitrogens with one attached hydrogen (secondary N) is 2. The number of aromatic nitrogens is 2. The molecule has 1 fully saturated rings. The van der Waals surface area contributed by atoms with E-state index < -0.39 is 4.92 Å². The van der Waals surface area contributed by atoms with Crippen LogP contribution in [-0.4, -0.2) is 41.8 Å². The van der Waals surface area contributed by atoms with Gasteiger partial charge in [-0.2, -0.15) is 0 Å². The first kappa shape index (κ1) is 11.8. The van der Waals surface area contributed by atoms with Gasteiger partial charge in [-0.3, -0.25) is 0 Å². The van der Waals surface area contributed by atoms with Crippen LogP contribution in [0.4, 0.5) is 11.5 Å². The molecule has 1 atom stereocenters. The molecule has 0 amide bonds. The second-order valence-corrected chi connectivity index (χ2v) is 4.37. The normalized spacial score (nSPS) is 20.5. The van der Waals surface area contributed by atoms with E-state index in [4.69, 9.17) is 0 Å². The van der Waals surface area contributed by atoms with E-state index >= 15 is 0 Å². The molecular weight excluding hydrogens is 222 g/mol. The van der Waals surface area contributed by atoms with E-state index in [-0.39, 0.29) is 5.82 Å². The Bertz CT molecular complexity index is 390. The van der Waals surface area contributed by atoms with Crippen molar-refractivity contribution in [2.24, 2.45) is 5.92 Å². The van der Waals surface area contributed by atoms with E-state index in [2.05, 4.69) is 15.5 Å². The smallest absolute Gasteiger partial charge is 0.363 e. The summed E-state index contributed by atoms with van der Waals surface area (Å²) >= 11 is 0. The monoisotopic (exact) mass is 239 g/mol. The summed E-state index contributed by atoms with van der Waals surface area (Å²) in [6.45, 7) is 2.66. The molecule has 2 rings (SSSR count). The van der Waals surface area contributed by atoms with Gasteiger partial charge in [0.05, 0.1) is 0 Å². The first-order valence-electron chi connectivity index (χ1n) is 5.79. The Morgan fingerprint density at radius 2 is 2.59 bits per heavy atom. The minimum atomic E-state index is -0.413. The number of nitrogens with zero attached hydrogens (tertiary/aromatic N) is 3. The maximum absolute atomic E-state index is 10.8. The van der Waals surface area contributed by atoms with Gasteiger partial charge in [0.1, 0.15) is 6.20 Å². The summed E-state index contributed by atoms with van der Waals surface area (Å²) in [5, 5.41) is 20.2. The minimum Gasteiger partial charge on any atom is -0.363 e. The van der Waals surface area contributed by atoms with Gasteiger partial charge in [-0.05, 0) is 37.3 Å². The molecule has 0 saturated carbocycles. The molecule has 1 unspecified atom stereocenters. The van der Waals surface area contributed by atoms with Crippen LogP contribution in [0.1, 0.15) is 12.8 Å². The Hall–Kier alpha value is -1.63. The van der Waals surface area contributed by atoms with E-state index in [1.54, 1.807) is 6.20 Å². The number of anilines is 1. The van der Waals surface area contributed by atoms with E-state index in [0.717, 1.165) is 26.1 Å². The van der Waals surface area contributed by atoms with Crippen molar-refractivity contribution in [1.29, 1.82) is 0 Å². The zero-order valence-corrected chi connectivity index (χ0v) is 9.85. The second-order valence-electron chi connectivity index (χ2n) is 4.37. The lowest BCUT2D eigenvalue weighted by Crippen LogP contribution is -2.39. The maximum Gasteiger partial charge on any atom is 0.366 e. The molecule has 0 aromatic carbocycles. The maximum atomic E-state index is 10.8. The summed E-state index contributed by atoms with van der Waals surface area (Å²) in [5.41, 5.74) is 0.607. The van der Waals surface area contributed by atoms with Crippen LogP contribution in [0.3, 0.4) is 0 Å². The number of rotatable bonds is 4. The second kappa shape index (κ2) is 5.13. The van der Waals surface area contributed by atoms with Gasteiger partial charge >= 0.3 is 5.82 Å². The standard InChI is InChI=1S/C10H17N5O2/c1-11-5-8-3-2-4-14(7-8)9-6-12-13-10(9)15(16)17/h6,8,11H,2-5,7H2,1H3,(H,12,13). The highest BCUT2D eigenvalue weighted by molar-refractivity contribution is 5.58. The van der Waals surface area contributed by atoms with Crippen molar-refractivity contribution in [3.05, 3.63) is 16.3 Å². The van der Waals surface area contributed by atoms with Gasteiger partial charge in [-0.25, -0.2) is 0 Å². The largest absolute Gasteiger partial charge is 0.366 e. The van der Waals surface area contributed by atoms with Gasteiger partial charge in [0.15, 0.2) is 5.69 Å². The van der Waals surface area contributed by atoms with Crippen molar-refractivity contribution in [1.82, 2.24) is 15.5 Å². The molecule has 1 aromatic rings. The number of hydrogen-bond acceptors (Lipinski definition) is 5. The molecule has 1 aromatic heterocycles. The highest BCUT2D eigenvalue weighted by atomic mass is 16.6. The number of nitro groups is 1. The van der Waals surface area contributed by atoms with Crippen molar-refractivity contribution < 1.29 is 4.92 Å². The van der Waals surface area contributed by atoms with Crippen LogP contribution in [0.15, 0.2) is 6.20 Å². The minimum absolute atomic E-state index is 0.00453. The number of hydrogen-bond donors (Lipinski definition) is 2. The van der Waals surface area contributed by atoms with Crippen molar-refractivity contribution >= 4 is 11.5 Å². The molecule has 1 aliphatic heterocycles. The van der Waals surface area contributed by atoms with Crippen LogP contribution < -0.4 is 10.2 Å². The molecule has 7 heteroatoms. The predicted octanol–water partition coefficient (Wildman–Crippen LogP) is 0.754. The summed E-state index contributed by atoms with van der Waals surface area (Å²) in [6.07, 6.45) is 3.78. The van der Waals surface area contributed by atoms with Crippen LogP contribution in [-0.2, 0) is 0 Å². The summed E-state index contributed by atoms with van der Waals surface area (Å²) in [5.74, 6) is 0.540. The Morgan fingerprint density at radius 1 is 1.76 bits per heavy atom. The topological polar surface area (TPSA) is 87.1 Å². The molecule has 0 bridgehead atoms. The lowest BCUT2D eigenvalue weighted by atomic mass is 9.98. The number of aromatic amines is 1. The lowest BCUT2D eigenvalue weighted by Gasteiger charge is -2.32. The average Bonchev–Trinajstić information content (AvgIpc) is 2.79. The van der Waals surface area contributed by atoms with E-state index in [1.165, 1.54) is 6.42 Å².